The minimum atomic E-state index is -1.56. The number of anilines is 1. The minimum Gasteiger partial charge on any atom is -0.324 e. The second kappa shape index (κ2) is 3.23. The zero-order valence-electron chi connectivity index (χ0n) is 7.70. The first-order valence-corrected chi connectivity index (χ1v) is 4.21. The molecule has 1 amide bonds. The fraction of sp³-hybridized carbons (Fsp3) is 0.222. The zero-order valence-corrected chi connectivity index (χ0v) is 7.70. The molecule has 80 valence electrons. The number of rotatable bonds is 1. The maximum atomic E-state index is 13.3. The highest BCUT2D eigenvalue weighted by molar-refractivity contribution is 6.02. The van der Waals surface area contributed by atoms with Gasteiger partial charge in [-0.25, -0.2) is 13.2 Å². The summed E-state index contributed by atoms with van der Waals surface area (Å²) in [6.45, 7) is 0. The molecule has 0 radical (unpaired) electrons. The lowest BCUT2D eigenvalue weighted by molar-refractivity contribution is -0.117. The number of carbonyl (C=O) groups is 1. The molecule has 0 aromatic heterocycles. The van der Waals surface area contributed by atoms with Crippen LogP contribution in [0, 0.1) is 17.5 Å². The number of fused-ring (bicyclic) bond motifs is 1. The number of nitrogens with one attached hydrogen (secondary N) is 2. The van der Waals surface area contributed by atoms with Crippen molar-refractivity contribution >= 4 is 11.6 Å². The van der Waals surface area contributed by atoms with Gasteiger partial charge in [-0.15, -0.1) is 0 Å². The molecule has 0 spiro atoms. The standard InChI is InChI=1S/C9H7F3N2O/c1-13-8-5-4(14-9(8)15)2-3(10)6(11)7(5)12/h2,8,13H,1H3,(H,14,15). The molecule has 0 saturated heterocycles. The summed E-state index contributed by atoms with van der Waals surface area (Å²) >= 11 is 0. The van der Waals surface area contributed by atoms with Crippen LogP contribution < -0.4 is 10.6 Å². The fourth-order valence-electron chi connectivity index (χ4n) is 1.61. The molecular weight excluding hydrogens is 209 g/mol. The van der Waals surface area contributed by atoms with Crippen molar-refractivity contribution in [1.82, 2.24) is 5.32 Å². The number of benzene rings is 1. The van der Waals surface area contributed by atoms with Crippen LogP contribution in [0.2, 0.25) is 0 Å². The largest absolute Gasteiger partial charge is 0.324 e. The van der Waals surface area contributed by atoms with Gasteiger partial charge in [0.05, 0.1) is 5.69 Å². The number of halogens is 3. The van der Waals surface area contributed by atoms with Gasteiger partial charge in [-0.3, -0.25) is 4.79 Å². The van der Waals surface area contributed by atoms with Gasteiger partial charge in [-0.1, -0.05) is 0 Å². The molecule has 1 heterocycles. The van der Waals surface area contributed by atoms with Crippen molar-refractivity contribution in [1.29, 1.82) is 0 Å². The van der Waals surface area contributed by atoms with Crippen LogP contribution in [0.3, 0.4) is 0 Å². The van der Waals surface area contributed by atoms with Crippen LogP contribution in [0.4, 0.5) is 18.9 Å². The Hall–Kier alpha value is -1.56. The van der Waals surface area contributed by atoms with Crippen LogP contribution >= 0.6 is 0 Å². The molecule has 0 saturated carbocycles. The van der Waals surface area contributed by atoms with Gasteiger partial charge in [-0.05, 0) is 7.05 Å². The average Bonchev–Trinajstić information content (AvgIpc) is 2.50. The van der Waals surface area contributed by atoms with E-state index in [2.05, 4.69) is 10.6 Å². The van der Waals surface area contributed by atoms with Gasteiger partial charge < -0.3 is 10.6 Å². The molecule has 0 aliphatic carbocycles. The Kier molecular flexibility index (Phi) is 2.15. The molecule has 3 nitrogen and oxygen atoms in total. The Morgan fingerprint density at radius 1 is 1.33 bits per heavy atom. The smallest absolute Gasteiger partial charge is 0.246 e. The quantitative estimate of drug-likeness (QED) is 0.695. The maximum absolute atomic E-state index is 13.3. The molecule has 1 atom stereocenters. The number of likely N-dealkylation sites (N-methyl/N-ethyl adjacent to an activating group) is 1. The molecule has 15 heavy (non-hydrogen) atoms. The molecular formula is C9H7F3N2O. The first-order valence-electron chi connectivity index (χ1n) is 4.21. The lowest BCUT2D eigenvalue weighted by Crippen LogP contribution is -2.24. The lowest BCUT2D eigenvalue weighted by atomic mass is 10.1. The van der Waals surface area contributed by atoms with E-state index >= 15 is 0 Å². The van der Waals surface area contributed by atoms with E-state index in [1.165, 1.54) is 7.05 Å². The Balaban J connectivity index is 2.66. The molecule has 1 aromatic carbocycles. The van der Waals surface area contributed by atoms with Gasteiger partial charge >= 0.3 is 0 Å². The van der Waals surface area contributed by atoms with E-state index in [0.717, 1.165) is 6.07 Å². The average molecular weight is 216 g/mol. The number of hydrogen-bond donors (Lipinski definition) is 2. The van der Waals surface area contributed by atoms with E-state index in [4.69, 9.17) is 0 Å². The van der Waals surface area contributed by atoms with Gasteiger partial charge in [0, 0.05) is 11.6 Å². The lowest BCUT2D eigenvalue weighted by Gasteiger charge is -2.08. The van der Waals surface area contributed by atoms with Crippen LogP contribution in [0.25, 0.3) is 0 Å². The third kappa shape index (κ3) is 1.29. The van der Waals surface area contributed by atoms with Gasteiger partial charge in [0.1, 0.15) is 6.04 Å². The second-order valence-electron chi connectivity index (χ2n) is 3.16. The normalized spacial score (nSPS) is 18.9. The highest BCUT2D eigenvalue weighted by atomic mass is 19.2. The van der Waals surface area contributed by atoms with Crippen molar-refractivity contribution in [2.45, 2.75) is 6.04 Å². The zero-order chi connectivity index (χ0) is 11.2. The molecule has 2 N–H and O–H groups in total. The molecule has 0 bridgehead atoms. The second-order valence-corrected chi connectivity index (χ2v) is 3.16. The van der Waals surface area contributed by atoms with E-state index in [1.54, 1.807) is 0 Å². The van der Waals surface area contributed by atoms with Crippen LogP contribution in [-0.2, 0) is 4.79 Å². The predicted octanol–water partition coefficient (Wildman–Crippen LogP) is 1.32. The van der Waals surface area contributed by atoms with Gasteiger partial charge in [0.2, 0.25) is 5.91 Å². The fourth-order valence-corrected chi connectivity index (χ4v) is 1.61. The number of amides is 1. The molecule has 1 aromatic rings. The molecule has 6 heteroatoms. The summed E-state index contributed by atoms with van der Waals surface area (Å²) in [5.74, 6) is -4.74. The van der Waals surface area contributed by atoms with E-state index in [1.807, 2.05) is 0 Å². The molecule has 0 fully saturated rings. The first kappa shape index (κ1) is 9.97. The summed E-state index contributed by atoms with van der Waals surface area (Å²) in [6, 6.07) is -0.210. The van der Waals surface area contributed by atoms with Crippen molar-refractivity contribution in [3.8, 4) is 0 Å². The summed E-state index contributed by atoms with van der Waals surface area (Å²) in [5, 5.41) is 4.78. The van der Waals surface area contributed by atoms with Crippen molar-refractivity contribution < 1.29 is 18.0 Å². The summed E-state index contributed by atoms with van der Waals surface area (Å²) < 4.78 is 39.0. The minimum absolute atomic E-state index is 0.0317. The summed E-state index contributed by atoms with van der Waals surface area (Å²) in [6.07, 6.45) is 0. The summed E-state index contributed by atoms with van der Waals surface area (Å²) in [7, 11) is 1.43. The van der Waals surface area contributed by atoms with Crippen molar-refractivity contribution in [2.24, 2.45) is 0 Å². The van der Waals surface area contributed by atoms with Crippen LogP contribution in [-0.4, -0.2) is 13.0 Å². The van der Waals surface area contributed by atoms with Gasteiger partial charge in [0.15, 0.2) is 17.5 Å². The third-order valence-electron chi connectivity index (χ3n) is 2.30. The third-order valence-corrected chi connectivity index (χ3v) is 2.30. The number of carbonyl (C=O) groups excluding carboxylic acids is 1. The van der Waals surface area contributed by atoms with E-state index in [9.17, 15) is 18.0 Å². The molecule has 1 aliphatic heterocycles. The molecule has 2 rings (SSSR count). The highest BCUT2D eigenvalue weighted by Gasteiger charge is 2.35. The first-order chi connectivity index (χ1) is 7.06. The maximum Gasteiger partial charge on any atom is 0.246 e. The van der Waals surface area contributed by atoms with E-state index in [-0.39, 0.29) is 11.3 Å². The molecule has 1 unspecified atom stereocenters. The monoisotopic (exact) mass is 216 g/mol. The van der Waals surface area contributed by atoms with E-state index < -0.39 is 29.4 Å². The van der Waals surface area contributed by atoms with Crippen molar-refractivity contribution in [2.75, 3.05) is 12.4 Å². The Morgan fingerprint density at radius 3 is 2.60 bits per heavy atom. The van der Waals surface area contributed by atoms with Crippen LogP contribution in [0.5, 0.6) is 0 Å². The van der Waals surface area contributed by atoms with E-state index in [0.29, 0.717) is 0 Å². The summed E-state index contributed by atoms with van der Waals surface area (Å²) in [5.41, 5.74) is -0.211. The number of hydrogen-bond acceptors (Lipinski definition) is 2. The SMILES string of the molecule is CNC1C(=O)Nc2cc(F)c(F)c(F)c21. The predicted molar refractivity (Wildman–Crippen MR) is 46.7 cm³/mol. The Morgan fingerprint density at radius 2 is 2.00 bits per heavy atom. The van der Waals surface area contributed by atoms with Gasteiger partial charge in [-0.2, -0.15) is 0 Å². The van der Waals surface area contributed by atoms with Crippen LogP contribution in [0.1, 0.15) is 11.6 Å². The highest BCUT2D eigenvalue weighted by Crippen LogP contribution is 2.34. The Labute approximate surface area is 83.3 Å². The Bertz CT molecular complexity index is 447. The van der Waals surface area contributed by atoms with Gasteiger partial charge in [0.25, 0.3) is 0 Å². The molecule has 1 aliphatic rings. The summed E-state index contributed by atoms with van der Waals surface area (Å²) in [4.78, 5) is 11.3. The topological polar surface area (TPSA) is 41.1 Å². The van der Waals surface area contributed by atoms with Crippen LogP contribution in [0.15, 0.2) is 6.07 Å². The van der Waals surface area contributed by atoms with Crippen molar-refractivity contribution in [3.63, 3.8) is 0 Å². The van der Waals surface area contributed by atoms with Crippen molar-refractivity contribution in [3.05, 3.63) is 29.1 Å².